The average molecular weight is 278 g/mol. The third-order valence-corrected chi connectivity index (χ3v) is 5.13. The lowest BCUT2D eigenvalue weighted by Crippen LogP contribution is -2.51. The van der Waals surface area contributed by atoms with Gasteiger partial charge in [-0.2, -0.15) is 0 Å². The highest BCUT2D eigenvalue weighted by atomic mass is 32.1. The van der Waals surface area contributed by atoms with Gasteiger partial charge in [-0.15, -0.1) is 11.3 Å². The van der Waals surface area contributed by atoms with Crippen LogP contribution < -0.4 is 5.32 Å². The largest absolute Gasteiger partial charge is 0.325 e. The van der Waals surface area contributed by atoms with Crippen LogP contribution in [0.25, 0.3) is 0 Å². The second kappa shape index (κ2) is 4.63. The van der Waals surface area contributed by atoms with E-state index < -0.39 is 5.54 Å². The van der Waals surface area contributed by atoms with E-state index in [0.717, 1.165) is 30.6 Å². The van der Waals surface area contributed by atoms with E-state index in [4.69, 9.17) is 0 Å². The quantitative estimate of drug-likeness (QED) is 0.846. The fourth-order valence-corrected chi connectivity index (χ4v) is 4.05. The first-order chi connectivity index (χ1) is 9.12. The van der Waals surface area contributed by atoms with Gasteiger partial charge in [-0.05, 0) is 30.2 Å². The molecule has 5 heteroatoms. The van der Waals surface area contributed by atoms with Gasteiger partial charge in [0.25, 0.3) is 5.91 Å². The number of carbonyl (C=O) groups is 2. The minimum atomic E-state index is -0.598. The van der Waals surface area contributed by atoms with E-state index in [-0.39, 0.29) is 11.9 Å². The molecule has 1 spiro atoms. The smallest absolute Gasteiger partial charge is 0.305 e. The maximum absolute atomic E-state index is 12.3. The number of urea groups is 1. The van der Waals surface area contributed by atoms with Crippen molar-refractivity contribution in [3.63, 3.8) is 0 Å². The van der Waals surface area contributed by atoms with Gasteiger partial charge < -0.3 is 4.90 Å². The van der Waals surface area contributed by atoms with Gasteiger partial charge in [-0.25, -0.2) is 4.79 Å². The van der Waals surface area contributed by atoms with E-state index >= 15 is 0 Å². The zero-order chi connectivity index (χ0) is 13.5. The summed E-state index contributed by atoms with van der Waals surface area (Å²) in [6.07, 6.45) is 3.75. The monoisotopic (exact) mass is 278 g/mol. The fraction of sp³-hybridized carbons (Fsp3) is 0.571. The predicted molar refractivity (Wildman–Crippen MR) is 73.8 cm³/mol. The van der Waals surface area contributed by atoms with E-state index in [1.807, 2.05) is 17.5 Å². The van der Waals surface area contributed by atoms with Crippen molar-refractivity contribution in [2.24, 2.45) is 5.92 Å². The summed E-state index contributed by atoms with van der Waals surface area (Å²) in [6, 6.07) is 3.76. The molecule has 3 amide bonds. The molecule has 1 aromatic rings. The number of amides is 3. The first kappa shape index (κ1) is 12.7. The molecule has 2 atom stereocenters. The highest BCUT2D eigenvalue weighted by molar-refractivity contribution is 7.09. The van der Waals surface area contributed by atoms with Crippen molar-refractivity contribution in [2.75, 3.05) is 0 Å². The van der Waals surface area contributed by atoms with E-state index in [0.29, 0.717) is 12.5 Å². The van der Waals surface area contributed by atoms with Crippen LogP contribution in [0.3, 0.4) is 0 Å². The first-order valence-corrected chi connectivity index (χ1v) is 7.65. The van der Waals surface area contributed by atoms with E-state index in [2.05, 4.69) is 12.2 Å². The molecule has 1 aromatic heterocycles. The van der Waals surface area contributed by atoms with Crippen LogP contribution in [-0.2, 0) is 11.3 Å². The van der Waals surface area contributed by atoms with E-state index in [1.165, 1.54) is 0 Å². The molecular weight excluding hydrogens is 260 g/mol. The summed E-state index contributed by atoms with van der Waals surface area (Å²) in [4.78, 5) is 27.3. The second-order valence-electron chi connectivity index (χ2n) is 5.66. The Labute approximate surface area is 116 Å². The third kappa shape index (κ3) is 2.06. The van der Waals surface area contributed by atoms with Crippen molar-refractivity contribution in [1.82, 2.24) is 10.2 Å². The molecule has 19 heavy (non-hydrogen) atoms. The van der Waals surface area contributed by atoms with Crippen LogP contribution in [0.1, 0.15) is 37.5 Å². The van der Waals surface area contributed by atoms with Gasteiger partial charge in [0, 0.05) is 4.88 Å². The molecule has 1 saturated heterocycles. The van der Waals surface area contributed by atoms with Gasteiger partial charge in [0.15, 0.2) is 0 Å². The number of thiophene rings is 1. The van der Waals surface area contributed by atoms with Crippen molar-refractivity contribution < 1.29 is 9.59 Å². The Morgan fingerprint density at radius 1 is 1.53 bits per heavy atom. The summed E-state index contributed by atoms with van der Waals surface area (Å²) < 4.78 is 0. The van der Waals surface area contributed by atoms with Crippen LogP contribution in [-0.4, -0.2) is 22.4 Å². The van der Waals surface area contributed by atoms with Crippen LogP contribution in [0.5, 0.6) is 0 Å². The number of nitrogens with zero attached hydrogens (tertiary/aromatic N) is 1. The summed E-state index contributed by atoms with van der Waals surface area (Å²) in [5.74, 6) is 0.400. The fourth-order valence-electron chi connectivity index (χ4n) is 3.35. The maximum atomic E-state index is 12.3. The summed E-state index contributed by atoms with van der Waals surface area (Å²) in [5.41, 5.74) is -0.598. The predicted octanol–water partition coefficient (Wildman–Crippen LogP) is 2.75. The molecule has 2 heterocycles. The summed E-state index contributed by atoms with van der Waals surface area (Å²) in [5, 5.41) is 4.51. The van der Waals surface area contributed by atoms with Crippen molar-refractivity contribution in [2.45, 2.75) is 44.7 Å². The Balaban J connectivity index is 1.90. The Morgan fingerprint density at radius 2 is 2.37 bits per heavy atom. The molecule has 4 nitrogen and oxygen atoms in total. The lowest BCUT2D eigenvalue weighted by molar-refractivity contribution is -0.129. The van der Waals surface area contributed by atoms with Gasteiger partial charge in [-0.1, -0.05) is 25.8 Å². The molecule has 2 aliphatic rings. The molecule has 102 valence electrons. The third-order valence-electron chi connectivity index (χ3n) is 4.27. The SMILES string of the molecule is CC1CCCC2(C1)C(=O)NC(=O)N2Cc1cccs1. The van der Waals surface area contributed by atoms with Crippen LogP contribution in [0.15, 0.2) is 17.5 Å². The van der Waals surface area contributed by atoms with Crippen molar-refractivity contribution in [3.8, 4) is 0 Å². The molecule has 1 aliphatic heterocycles. The van der Waals surface area contributed by atoms with E-state index in [9.17, 15) is 9.59 Å². The Kier molecular flexibility index (Phi) is 3.09. The van der Waals surface area contributed by atoms with Crippen molar-refractivity contribution >= 4 is 23.3 Å². The average Bonchev–Trinajstić information content (AvgIpc) is 2.94. The Bertz CT molecular complexity index is 500. The highest BCUT2D eigenvalue weighted by Crippen LogP contribution is 2.40. The minimum absolute atomic E-state index is 0.0967. The molecule has 1 saturated carbocycles. The Morgan fingerprint density at radius 3 is 3.05 bits per heavy atom. The molecule has 1 N–H and O–H groups in total. The number of rotatable bonds is 2. The molecule has 0 aromatic carbocycles. The second-order valence-corrected chi connectivity index (χ2v) is 6.69. The van der Waals surface area contributed by atoms with Crippen LogP contribution in [0.2, 0.25) is 0 Å². The standard InChI is InChI=1S/C14H18N2O2S/c1-10-4-2-6-14(8-10)12(17)15-13(18)16(14)9-11-5-3-7-19-11/h3,5,7,10H,2,4,6,8-9H2,1H3,(H,15,17,18). The van der Waals surface area contributed by atoms with Crippen molar-refractivity contribution in [1.29, 1.82) is 0 Å². The minimum Gasteiger partial charge on any atom is -0.305 e. The summed E-state index contributed by atoms with van der Waals surface area (Å²) in [6.45, 7) is 2.71. The van der Waals surface area contributed by atoms with Gasteiger partial charge in [0.1, 0.15) is 5.54 Å². The van der Waals surface area contributed by atoms with Gasteiger partial charge in [0.2, 0.25) is 0 Å². The lowest BCUT2D eigenvalue weighted by Gasteiger charge is -2.40. The number of nitrogens with one attached hydrogen (secondary N) is 1. The maximum Gasteiger partial charge on any atom is 0.325 e. The molecule has 0 radical (unpaired) electrons. The summed E-state index contributed by atoms with van der Waals surface area (Å²) >= 11 is 1.63. The number of imide groups is 1. The molecule has 2 fully saturated rings. The van der Waals surface area contributed by atoms with Crippen LogP contribution in [0.4, 0.5) is 4.79 Å². The molecule has 0 bridgehead atoms. The molecule has 1 aliphatic carbocycles. The number of carbonyl (C=O) groups excluding carboxylic acids is 2. The van der Waals surface area contributed by atoms with Gasteiger partial charge >= 0.3 is 6.03 Å². The lowest BCUT2D eigenvalue weighted by atomic mass is 9.75. The van der Waals surface area contributed by atoms with E-state index in [1.54, 1.807) is 16.2 Å². The Hall–Kier alpha value is -1.36. The zero-order valence-electron chi connectivity index (χ0n) is 11.0. The number of hydrogen-bond donors (Lipinski definition) is 1. The highest BCUT2D eigenvalue weighted by Gasteiger charge is 2.54. The first-order valence-electron chi connectivity index (χ1n) is 6.77. The molecule has 2 unspecified atom stereocenters. The topological polar surface area (TPSA) is 49.4 Å². The summed E-state index contributed by atoms with van der Waals surface area (Å²) in [7, 11) is 0. The zero-order valence-corrected chi connectivity index (χ0v) is 11.8. The molecule has 3 rings (SSSR count). The van der Waals surface area contributed by atoms with Crippen molar-refractivity contribution in [3.05, 3.63) is 22.4 Å². The van der Waals surface area contributed by atoms with Gasteiger partial charge in [0.05, 0.1) is 6.54 Å². The number of hydrogen-bond acceptors (Lipinski definition) is 3. The van der Waals surface area contributed by atoms with Crippen LogP contribution >= 0.6 is 11.3 Å². The normalized spacial score (nSPS) is 31.0. The van der Waals surface area contributed by atoms with Crippen LogP contribution in [0, 0.1) is 5.92 Å². The molecular formula is C14H18N2O2S. The van der Waals surface area contributed by atoms with Gasteiger partial charge in [-0.3, -0.25) is 10.1 Å².